The second-order valence-corrected chi connectivity index (χ2v) is 9.01. The van der Waals surface area contributed by atoms with Crippen LogP contribution in [0.1, 0.15) is 5.56 Å². The van der Waals surface area contributed by atoms with Crippen LogP contribution in [0.25, 0.3) is 0 Å². The topological polar surface area (TPSA) is 97.0 Å². The third-order valence-electron chi connectivity index (χ3n) is 4.74. The highest BCUT2D eigenvalue weighted by atomic mass is 35.5. The lowest BCUT2D eigenvalue weighted by Crippen LogP contribution is -2.40. The first kappa shape index (κ1) is 22.4. The Morgan fingerprint density at radius 1 is 1.23 bits per heavy atom. The van der Waals surface area contributed by atoms with Gasteiger partial charge in [-0.2, -0.15) is 4.31 Å². The predicted octanol–water partition coefficient (Wildman–Crippen LogP) is 2.73. The molecule has 3 rings (SSSR count). The lowest BCUT2D eigenvalue weighted by Gasteiger charge is -2.26. The molecule has 0 saturated carbocycles. The number of amides is 1. The number of carbonyl (C=O) groups excluding carboxylic acids is 1. The molecule has 30 heavy (non-hydrogen) atoms. The molecule has 1 amide bonds. The smallest absolute Gasteiger partial charge is 0.246 e. The van der Waals surface area contributed by atoms with Crippen molar-refractivity contribution in [2.45, 2.75) is 11.8 Å². The van der Waals surface area contributed by atoms with Crippen molar-refractivity contribution in [2.75, 3.05) is 50.6 Å². The Bertz CT molecular complexity index is 1020. The Morgan fingerprint density at radius 2 is 1.97 bits per heavy atom. The Morgan fingerprint density at radius 3 is 2.67 bits per heavy atom. The Hall–Kier alpha value is -2.33. The van der Waals surface area contributed by atoms with Gasteiger partial charge in [0.05, 0.1) is 26.9 Å². The summed E-state index contributed by atoms with van der Waals surface area (Å²) in [4.78, 5) is 12.4. The van der Waals surface area contributed by atoms with Gasteiger partial charge in [-0.3, -0.25) is 4.79 Å². The van der Waals surface area contributed by atoms with Gasteiger partial charge in [0.2, 0.25) is 15.9 Å². The number of morpholine rings is 1. The number of rotatable bonds is 7. The SMILES string of the molecule is COc1ccc(NC(=O)CNc2cccc(Cl)c2C)cc1S(=O)(=O)N1CCOCC1. The van der Waals surface area contributed by atoms with Crippen LogP contribution in [0.5, 0.6) is 5.75 Å². The molecule has 2 aromatic carbocycles. The van der Waals surface area contributed by atoms with Crippen molar-refractivity contribution in [3.05, 3.63) is 47.0 Å². The van der Waals surface area contributed by atoms with E-state index in [0.29, 0.717) is 23.9 Å². The maximum absolute atomic E-state index is 13.0. The fraction of sp³-hybridized carbons (Fsp3) is 0.350. The minimum absolute atomic E-state index is 0.00123. The maximum atomic E-state index is 13.0. The quantitative estimate of drug-likeness (QED) is 0.669. The molecule has 0 unspecified atom stereocenters. The number of anilines is 2. The molecule has 10 heteroatoms. The highest BCUT2D eigenvalue weighted by Crippen LogP contribution is 2.30. The van der Waals surface area contributed by atoms with E-state index in [0.717, 1.165) is 11.3 Å². The van der Waals surface area contributed by atoms with Crippen molar-refractivity contribution in [3.63, 3.8) is 0 Å². The Labute approximate surface area is 181 Å². The summed E-state index contributed by atoms with van der Waals surface area (Å²) in [6.45, 7) is 3.07. The zero-order chi connectivity index (χ0) is 21.7. The van der Waals surface area contributed by atoms with Gasteiger partial charge < -0.3 is 20.1 Å². The number of sulfonamides is 1. The van der Waals surface area contributed by atoms with Crippen LogP contribution in [0, 0.1) is 6.92 Å². The number of hydrogen-bond acceptors (Lipinski definition) is 6. The normalized spacial score (nSPS) is 14.9. The van der Waals surface area contributed by atoms with Gasteiger partial charge in [0.25, 0.3) is 0 Å². The fourth-order valence-corrected chi connectivity index (χ4v) is 4.83. The molecule has 1 aliphatic heterocycles. The molecule has 0 spiro atoms. The number of nitrogens with one attached hydrogen (secondary N) is 2. The molecule has 162 valence electrons. The van der Waals surface area contributed by atoms with Crippen molar-refractivity contribution in [1.29, 1.82) is 0 Å². The summed E-state index contributed by atoms with van der Waals surface area (Å²) in [5.41, 5.74) is 1.95. The third kappa shape index (κ3) is 5.04. The largest absolute Gasteiger partial charge is 0.495 e. The van der Waals surface area contributed by atoms with Crippen LogP contribution in [0.2, 0.25) is 5.02 Å². The summed E-state index contributed by atoms with van der Waals surface area (Å²) in [6, 6.07) is 9.93. The highest BCUT2D eigenvalue weighted by Gasteiger charge is 2.29. The average molecular weight is 454 g/mol. The van der Waals surface area contributed by atoms with Crippen LogP contribution in [-0.2, 0) is 19.6 Å². The molecule has 0 bridgehead atoms. The predicted molar refractivity (Wildman–Crippen MR) is 116 cm³/mol. The van der Waals surface area contributed by atoms with Gasteiger partial charge in [-0.1, -0.05) is 17.7 Å². The van der Waals surface area contributed by atoms with E-state index in [2.05, 4.69) is 10.6 Å². The van der Waals surface area contributed by atoms with Gasteiger partial charge in [-0.25, -0.2) is 8.42 Å². The van der Waals surface area contributed by atoms with Crippen LogP contribution in [0.4, 0.5) is 11.4 Å². The molecule has 1 aliphatic rings. The number of hydrogen-bond donors (Lipinski definition) is 2. The molecular formula is C20H24ClN3O5S. The molecule has 2 aromatic rings. The highest BCUT2D eigenvalue weighted by molar-refractivity contribution is 7.89. The van der Waals surface area contributed by atoms with Crippen molar-refractivity contribution in [2.24, 2.45) is 0 Å². The molecular weight excluding hydrogens is 430 g/mol. The number of halogens is 1. The lowest BCUT2D eigenvalue weighted by molar-refractivity contribution is -0.114. The zero-order valence-electron chi connectivity index (χ0n) is 16.8. The van der Waals surface area contributed by atoms with Gasteiger partial charge in [-0.05, 0) is 42.8 Å². The summed E-state index contributed by atoms with van der Waals surface area (Å²) >= 11 is 6.09. The van der Waals surface area contributed by atoms with E-state index in [1.165, 1.54) is 23.5 Å². The Balaban J connectivity index is 1.74. The van der Waals surface area contributed by atoms with Gasteiger partial charge >= 0.3 is 0 Å². The lowest BCUT2D eigenvalue weighted by atomic mass is 10.2. The molecule has 1 heterocycles. The van der Waals surface area contributed by atoms with Crippen LogP contribution in [0.15, 0.2) is 41.3 Å². The van der Waals surface area contributed by atoms with Gasteiger partial charge in [0.15, 0.2) is 0 Å². The average Bonchev–Trinajstić information content (AvgIpc) is 2.75. The van der Waals surface area contributed by atoms with E-state index in [-0.39, 0.29) is 36.2 Å². The molecule has 8 nitrogen and oxygen atoms in total. The summed E-state index contributed by atoms with van der Waals surface area (Å²) in [5, 5.41) is 6.35. The molecule has 0 atom stereocenters. The van der Waals surface area contributed by atoms with E-state index in [9.17, 15) is 13.2 Å². The second kappa shape index (κ2) is 9.65. The van der Waals surface area contributed by atoms with Crippen LogP contribution < -0.4 is 15.4 Å². The van der Waals surface area contributed by atoms with E-state index < -0.39 is 10.0 Å². The molecule has 0 aliphatic carbocycles. The van der Waals surface area contributed by atoms with E-state index in [4.69, 9.17) is 21.1 Å². The van der Waals surface area contributed by atoms with Gasteiger partial charge in [0, 0.05) is 29.5 Å². The first-order valence-electron chi connectivity index (χ1n) is 9.37. The maximum Gasteiger partial charge on any atom is 0.246 e. The van der Waals surface area contributed by atoms with Gasteiger partial charge in [0.1, 0.15) is 10.6 Å². The molecule has 0 radical (unpaired) electrons. The van der Waals surface area contributed by atoms with Crippen LogP contribution in [-0.4, -0.2) is 58.6 Å². The summed E-state index contributed by atoms with van der Waals surface area (Å²) in [5.74, 6) is -0.110. The second-order valence-electron chi connectivity index (χ2n) is 6.70. The monoisotopic (exact) mass is 453 g/mol. The standard InChI is InChI=1S/C20H24ClN3O5S/c1-14-16(21)4-3-5-17(14)22-13-20(25)23-15-6-7-18(28-2)19(12-15)30(26,27)24-8-10-29-11-9-24/h3-7,12,22H,8-11,13H2,1-2H3,(H,23,25). The first-order chi connectivity index (χ1) is 14.3. The minimum Gasteiger partial charge on any atom is -0.495 e. The summed E-state index contributed by atoms with van der Waals surface area (Å²) in [6.07, 6.45) is 0. The Kier molecular flexibility index (Phi) is 7.19. The van der Waals surface area contributed by atoms with Crippen LogP contribution >= 0.6 is 11.6 Å². The van der Waals surface area contributed by atoms with Crippen molar-refractivity contribution >= 4 is 38.9 Å². The summed E-state index contributed by atoms with van der Waals surface area (Å²) < 4.78 is 37.9. The van der Waals surface area contributed by atoms with Crippen molar-refractivity contribution < 1.29 is 22.7 Å². The molecule has 1 fully saturated rings. The van der Waals surface area contributed by atoms with E-state index in [1.807, 2.05) is 13.0 Å². The van der Waals surface area contributed by atoms with Gasteiger partial charge in [-0.15, -0.1) is 0 Å². The van der Waals surface area contributed by atoms with Crippen LogP contribution in [0.3, 0.4) is 0 Å². The minimum atomic E-state index is -3.78. The molecule has 2 N–H and O–H groups in total. The number of carbonyl (C=O) groups is 1. The zero-order valence-corrected chi connectivity index (χ0v) is 18.3. The fourth-order valence-electron chi connectivity index (χ4n) is 3.06. The summed E-state index contributed by atoms with van der Waals surface area (Å²) in [7, 11) is -2.38. The number of methoxy groups -OCH3 is 1. The molecule has 0 aromatic heterocycles. The third-order valence-corrected chi connectivity index (χ3v) is 7.07. The first-order valence-corrected chi connectivity index (χ1v) is 11.2. The van der Waals surface area contributed by atoms with E-state index in [1.54, 1.807) is 18.2 Å². The van der Waals surface area contributed by atoms with E-state index >= 15 is 0 Å². The van der Waals surface area contributed by atoms with Crippen molar-refractivity contribution in [3.8, 4) is 5.75 Å². The van der Waals surface area contributed by atoms with Crippen molar-refractivity contribution in [1.82, 2.24) is 4.31 Å². The molecule has 1 saturated heterocycles. The number of ether oxygens (including phenoxy) is 2. The number of nitrogens with zero attached hydrogens (tertiary/aromatic N) is 1. The number of benzene rings is 2.